The van der Waals surface area contributed by atoms with E-state index >= 15 is 0 Å². The van der Waals surface area contributed by atoms with Crippen molar-refractivity contribution in [3.63, 3.8) is 0 Å². The molecule has 2 aromatic carbocycles. The number of benzene rings is 2. The van der Waals surface area contributed by atoms with Gasteiger partial charge in [-0.1, -0.05) is 44.2 Å². The molecule has 29 heavy (non-hydrogen) atoms. The van der Waals surface area contributed by atoms with E-state index in [9.17, 15) is 9.59 Å². The minimum Gasteiger partial charge on any atom is -0.456 e. The van der Waals surface area contributed by atoms with Gasteiger partial charge in [-0.05, 0) is 54.5 Å². The van der Waals surface area contributed by atoms with Gasteiger partial charge in [-0.2, -0.15) is 0 Å². The maximum absolute atomic E-state index is 12.0. The standard InChI is InChI=1S/C24H28N2O3/c1-3-17(2)18-11-13-20(14-12-18)26-23(27)16-29-24(28)10-6-7-19-15-25-22-9-5-4-8-21(19)22/h4-5,8-9,11-15,17,25H,3,6-7,10,16H2,1-2H3,(H,26,27)/t17-/m0/s1. The van der Waals surface area contributed by atoms with Crippen LogP contribution in [0.2, 0.25) is 0 Å². The topological polar surface area (TPSA) is 71.2 Å². The molecule has 1 aromatic heterocycles. The molecule has 0 saturated heterocycles. The SMILES string of the molecule is CC[C@H](C)c1ccc(NC(=O)COC(=O)CCCc2c[nH]c3ccccc23)cc1. The van der Waals surface area contributed by atoms with E-state index in [1.54, 1.807) is 0 Å². The lowest BCUT2D eigenvalue weighted by Crippen LogP contribution is -2.20. The Morgan fingerprint density at radius 1 is 1.10 bits per heavy atom. The number of hydrogen-bond donors (Lipinski definition) is 2. The lowest BCUT2D eigenvalue weighted by atomic mass is 9.99. The van der Waals surface area contributed by atoms with Crippen LogP contribution in [0.1, 0.15) is 50.2 Å². The third kappa shape index (κ3) is 5.70. The highest BCUT2D eigenvalue weighted by molar-refractivity contribution is 5.92. The predicted octanol–water partition coefficient (Wildman–Crippen LogP) is 5.19. The molecule has 2 N–H and O–H groups in total. The Bertz CT molecular complexity index is 960. The van der Waals surface area contributed by atoms with Gasteiger partial charge in [0, 0.05) is 29.2 Å². The third-order valence-electron chi connectivity index (χ3n) is 5.24. The first kappa shape index (κ1) is 20.6. The molecule has 1 atom stereocenters. The number of para-hydroxylation sites is 1. The van der Waals surface area contributed by atoms with Crippen LogP contribution < -0.4 is 5.32 Å². The van der Waals surface area contributed by atoms with Crippen LogP contribution in [0.5, 0.6) is 0 Å². The average Bonchev–Trinajstić information content (AvgIpc) is 3.15. The Labute approximate surface area is 171 Å². The molecule has 0 unspecified atom stereocenters. The van der Waals surface area contributed by atoms with E-state index < -0.39 is 0 Å². The predicted molar refractivity (Wildman–Crippen MR) is 116 cm³/mol. The summed E-state index contributed by atoms with van der Waals surface area (Å²) in [5.41, 5.74) is 4.23. The molecule has 0 aliphatic heterocycles. The number of aromatic amines is 1. The number of aryl methyl sites for hydroxylation is 1. The quantitative estimate of drug-likeness (QED) is 0.493. The molecule has 5 heteroatoms. The van der Waals surface area contributed by atoms with Crippen molar-refractivity contribution in [1.29, 1.82) is 0 Å². The van der Waals surface area contributed by atoms with Gasteiger partial charge < -0.3 is 15.0 Å². The van der Waals surface area contributed by atoms with Crippen molar-refractivity contribution in [2.75, 3.05) is 11.9 Å². The van der Waals surface area contributed by atoms with Crippen molar-refractivity contribution >= 4 is 28.5 Å². The Morgan fingerprint density at radius 2 is 1.86 bits per heavy atom. The molecule has 5 nitrogen and oxygen atoms in total. The van der Waals surface area contributed by atoms with Gasteiger partial charge in [0.25, 0.3) is 5.91 Å². The minimum absolute atomic E-state index is 0.265. The molecule has 0 radical (unpaired) electrons. The molecule has 0 aliphatic carbocycles. The van der Waals surface area contributed by atoms with Gasteiger partial charge in [-0.3, -0.25) is 9.59 Å². The molecule has 0 spiro atoms. The lowest BCUT2D eigenvalue weighted by Gasteiger charge is -2.10. The van der Waals surface area contributed by atoms with Crippen molar-refractivity contribution in [3.8, 4) is 0 Å². The van der Waals surface area contributed by atoms with Crippen LogP contribution in [-0.4, -0.2) is 23.5 Å². The monoisotopic (exact) mass is 392 g/mol. The van der Waals surface area contributed by atoms with E-state index in [0.29, 0.717) is 18.0 Å². The molecular formula is C24H28N2O3. The van der Waals surface area contributed by atoms with Crippen LogP contribution in [-0.2, 0) is 20.7 Å². The number of hydrogen-bond acceptors (Lipinski definition) is 3. The van der Waals surface area contributed by atoms with Gasteiger partial charge in [-0.15, -0.1) is 0 Å². The van der Waals surface area contributed by atoms with E-state index in [1.165, 1.54) is 16.5 Å². The van der Waals surface area contributed by atoms with Crippen LogP contribution in [0, 0.1) is 0 Å². The Morgan fingerprint density at radius 3 is 2.62 bits per heavy atom. The zero-order valence-corrected chi connectivity index (χ0v) is 17.0. The Kier molecular flexibility index (Phi) is 7.06. The normalized spacial score (nSPS) is 11.9. The van der Waals surface area contributed by atoms with Crippen LogP contribution in [0.3, 0.4) is 0 Å². The number of carbonyl (C=O) groups is 2. The molecule has 0 saturated carbocycles. The summed E-state index contributed by atoms with van der Waals surface area (Å²) in [4.78, 5) is 27.2. The summed E-state index contributed by atoms with van der Waals surface area (Å²) < 4.78 is 5.10. The molecule has 3 aromatic rings. The molecule has 3 rings (SSSR count). The molecule has 0 bridgehead atoms. The highest BCUT2D eigenvalue weighted by Crippen LogP contribution is 2.21. The second-order valence-corrected chi connectivity index (χ2v) is 7.35. The zero-order chi connectivity index (χ0) is 20.6. The van der Waals surface area contributed by atoms with E-state index in [-0.39, 0.29) is 24.9 Å². The Balaban J connectivity index is 1.38. The summed E-state index contributed by atoms with van der Waals surface area (Å²) >= 11 is 0. The summed E-state index contributed by atoms with van der Waals surface area (Å²) in [5.74, 6) is -0.191. The number of H-pyrrole nitrogens is 1. The van der Waals surface area contributed by atoms with Crippen molar-refractivity contribution in [2.45, 2.75) is 45.4 Å². The van der Waals surface area contributed by atoms with Crippen molar-refractivity contribution in [2.24, 2.45) is 0 Å². The van der Waals surface area contributed by atoms with Gasteiger partial charge in [0.2, 0.25) is 0 Å². The number of rotatable bonds is 9. The molecule has 152 valence electrons. The fraction of sp³-hybridized carbons (Fsp3) is 0.333. The molecule has 1 heterocycles. The van der Waals surface area contributed by atoms with Gasteiger partial charge in [-0.25, -0.2) is 0 Å². The van der Waals surface area contributed by atoms with E-state index in [4.69, 9.17) is 4.74 Å². The fourth-order valence-corrected chi connectivity index (χ4v) is 3.31. The number of esters is 1. The second-order valence-electron chi connectivity index (χ2n) is 7.35. The number of carbonyl (C=O) groups excluding carboxylic acids is 2. The van der Waals surface area contributed by atoms with Gasteiger partial charge >= 0.3 is 5.97 Å². The molecular weight excluding hydrogens is 364 g/mol. The highest BCUT2D eigenvalue weighted by atomic mass is 16.5. The number of ether oxygens (including phenoxy) is 1. The summed E-state index contributed by atoms with van der Waals surface area (Å²) in [6, 6.07) is 15.9. The summed E-state index contributed by atoms with van der Waals surface area (Å²) in [6.45, 7) is 4.06. The van der Waals surface area contributed by atoms with Crippen LogP contribution in [0.15, 0.2) is 54.7 Å². The number of aromatic nitrogens is 1. The maximum atomic E-state index is 12.0. The van der Waals surface area contributed by atoms with Crippen molar-refractivity contribution in [1.82, 2.24) is 4.98 Å². The summed E-state index contributed by atoms with van der Waals surface area (Å²) in [5, 5.41) is 3.94. The third-order valence-corrected chi connectivity index (χ3v) is 5.24. The Hall–Kier alpha value is -3.08. The number of amides is 1. The maximum Gasteiger partial charge on any atom is 0.306 e. The van der Waals surface area contributed by atoms with Crippen LogP contribution in [0.4, 0.5) is 5.69 Å². The van der Waals surface area contributed by atoms with E-state index in [2.05, 4.69) is 30.2 Å². The van der Waals surface area contributed by atoms with E-state index in [0.717, 1.165) is 18.4 Å². The molecule has 1 amide bonds. The largest absolute Gasteiger partial charge is 0.456 e. The first-order valence-electron chi connectivity index (χ1n) is 10.2. The minimum atomic E-state index is -0.355. The smallest absolute Gasteiger partial charge is 0.306 e. The molecule has 0 fully saturated rings. The van der Waals surface area contributed by atoms with E-state index in [1.807, 2.05) is 48.7 Å². The summed E-state index contributed by atoms with van der Waals surface area (Å²) in [7, 11) is 0. The van der Waals surface area contributed by atoms with Gasteiger partial charge in [0.15, 0.2) is 6.61 Å². The fourth-order valence-electron chi connectivity index (χ4n) is 3.31. The number of anilines is 1. The van der Waals surface area contributed by atoms with Gasteiger partial charge in [0.1, 0.15) is 0 Å². The highest BCUT2D eigenvalue weighted by Gasteiger charge is 2.10. The van der Waals surface area contributed by atoms with Crippen LogP contribution in [0.25, 0.3) is 10.9 Å². The average molecular weight is 392 g/mol. The number of fused-ring (bicyclic) bond motifs is 1. The number of nitrogens with one attached hydrogen (secondary N) is 2. The second kappa shape index (κ2) is 9.92. The molecule has 0 aliphatic rings. The van der Waals surface area contributed by atoms with Crippen molar-refractivity contribution in [3.05, 3.63) is 65.9 Å². The van der Waals surface area contributed by atoms with Crippen LogP contribution >= 0.6 is 0 Å². The first-order chi connectivity index (χ1) is 14.1. The first-order valence-corrected chi connectivity index (χ1v) is 10.2. The van der Waals surface area contributed by atoms with Gasteiger partial charge in [0.05, 0.1) is 0 Å². The zero-order valence-electron chi connectivity index (χ0n) is 17.0. The van der Waals surface area contributed by atoms with Crippen molar-refractivity contribution < 1.29 is 14.3 Å². The summed E-state index contributed by atoms with van der Waals surface area (Å²) in [6.07, 6.45) is 4.81. The lowest BCUT2D eigenvalue weighted by molar-refractivity contribution is -0.147.